The van der Waals surface area contributed by atoms with Crippen LogP contribution in [0.15, 0.2) is 60.7 Å². The first-order chi connectivity index (χ1) is 23.4. The van der Waals surface area contributed by atoms with Gasteiger partial charge in [0.1, 0.15) is 17.1 Å². The van der Waals surface area contributed by atoms with Gasteiger partial charge < -0.3 is 24.1 Å². The average molecular weight is 683 g/mol. The minimum atomic E-state index is -1.29. The summed E-state index contributed by atoms with van der Waals surface area (Å²) in [5.41, 5.74) is 1.61. The third-order valence-corrected chi connectivity index (χ3v) is 8.33. The third-order valence-electron chi connectivity index (χ3n) is 8.33. The molecule has 0 aliphatic heterocycles. The second-order valence-electron chi connectivity index (χ2n) is 13.0. The number of hydrogen-bond acceptors (Lipinski definition) is 7. The largest absolute Gasteiger partial charge is 0.505 e. The van der Waals surface area contributed by atoms with Crippen LogP contribution in [0.2, 0.25) is 0 Å². The van der Waals surface area contributed by atoms with Crippen LogP contribution in [0.5, 0.6) is 11.5 Å². The van der Waals surface area contributed by atoms with E-state index in [0.29, 0.717) is 35.6 Å². The van der Waals surface area contributed by atoms with Crippen LogP contribution in [0.25, 0.3) is 0 Å². The quantitative estimate of drug-likeness (QED) is 0.0760. The Bertz CT molecular complexity index is 1230. The summed E-state index contributed by atoms with van der Waals surface area (Å²) in [6.07, 6.45) is 12.4. The Kier molecular flexibility index (Phi) is 21.5. The van der Waals surface area contributed by atoms with E-state index in [2.05, 4.69) is 37.3 Å². The first kappa shape index (κ1) is 43.2. The molecule has 0 spiro atoms. The average Bonchev–Trinajstić information content (AvgIpc) is 3.08. The van der Waals surface area contributed by atoms with Crippen molar-refractivity contribution in [2.75, 3.05) is 13.2 Å². The Labute approximate surface area is 295 Å². The van der Waals surface area contributed by atoms with Crippen molar-refractivity contribution in [1.82, 2.24) is 0 Å². The van der Waals surface area contributed by atoms with Crippen molar-refractivity contribution in [3.8, 4) is 11.5 Å². The summed E-state index contributed by atoms with van der Waals surface area (Å²) in [6, 6.07) is 15.3. The highest BCUT2D eigenvalue weighted by Gasteiger charge is 2.23. The van der Waals surface area contributed by atoms with Gasteiger partial charge in [-0.15, -0.1) is 0 Å². The van der Waals surface area contributed by atoms with E-state index in [9.17, 15) is 14.4 Å². The van der Waals surface area contributed by atoms with Crippen molar-refractivity contribution < 1.29 is 38.4 Å². The molecule has 1 aliphatic rings. The molecule has 49 heavy (non-hydrogen) atoms. The van der Waals surface area contributed by atoms with Crippen molar-refractivity contribution in [1.29, 1.82) is 0 Å². The molecular weight excluding hydrogens is 620 g/mol. The first-order valence-corrected chi connectivity index (χ1v) is 18.2. The van der Waals surface area contributed by atoms with E-state index in [1.807, 2.05) is 38.1 Å². The fourth-order valence-corrected chi connectivity index (χ4v) is 5.62. The van der Waals surface area contributed by atoms with Gasteiger partial charge >= 0.3 is 18.1 Å². The van der Waals surface area contributed by atoms with E-state index in [-0.39, 0.29) is 12.6 Å². The van der Waals surface area contributed by atoms with E-state index in [1.54, 1.807) is 32.9 Å². The topological polar surface area (TPSA) is 108 Å². The number of hydrogen-bond donors (Lipinski definition) is 1. The van der Waals surface area contributed by atoms with Crippen LogP contribution in [0.1, 0.15) is 147 Å². The molecule has 1 aliphatic carbocycles. The zero-order chi connectivity index (χ0) is 36.7. The molecular formula is C41H62O8. The Morgan fingerprint density at radius 2 is 1.43 bits per heavy atom. The summed E-state index contributed by atoms with van der Waals surface area (Å²) in [4.78, 5) is 33.8. The van der Waals surface area contributed by atoms with E-state index >= 15 is 0 Å². The molecule has 2 aromatic rings. The lowest BCUT2D eigenvalue weighted by Crippen LogP contribution is -2.28. The lowest BCUT2D eigenvalue weighted by molar-refractivity contribution is -0.152. The summed E-state index contributed by atoms with van der Waals surface area (Å²) < 4.78 is 20.8. The number of esters is 2. The normalized spacial score (nSPS) is 15.3. The summed E-state index contributed by atoms with van der Waals surface area (Å²) in [5, 5.41) is 8.24. The van der Waals surface area contributed by atoms with Crippen LogP contribution in [0.3, 0.4) is 0 Å². The zero-order valence-electron chi connectivity index (χ0n) is 31.2. The van der Waals surface area contributed by atoms with Gasteiger partial charge in [-0.05, 0) is 120 Å². The number of benzene rings is 2. The minimum Gasteiger partial charge on any atom is -0.494 e. The molecule has 0 saturated heterocycles. The molecule has 0 amide bonds. The van der Waals surface area contributed by atoms with Crippen LogP contribution in [0.4, 0.5) is 4.79 Å². The molecule has 8 heteroatoms. The van der Waals surface area contributed by atoms with Crippen LogP contribution in [0, 0.1) is 5.92 Å². The van der Waals surface area contributed by atoms with Gasteiger partial charge in [-0.1, -0.05) is 78.5 Å². The van der Waals surface area contributed by atoms with Crippen LogP contribution in [-0.4, -0.2) is 42.0 Å². The second-order valence-corrected chi connectivity index (χ2v) is 13.0. The molecule has 8 nitrogen and oxygen atoms in total. The van der Waals surface area contributed by atoms with Crippen molar-refractivity contribution in [2.45, 2.75) is 137 Å². The van der Waals surface area contributed by atoms with Crippen LogP contribution >= 0.6 is 0 Å². The van der Waals surface area contributed by atoms with Crippen molar-refractivity contribution >= 4 is 18.1 Å². The van der Waals surface area contributed by atoms with Crippen molar-refractivity contribution in [3.63, 3.8) is 0 Å². The molecule has 3 rings (SSSR count). The van der Waals surface area contributed by atoms with E-state index in [4.69, 9.17) is 19.3 Å². The highest BCUT2D eigenvalue weighted by atomic mass is 16.7. The number of carboxylic acid groups (broad SMARTS) is 1. The van der Waals surface area contributed by atoms with E-state index in [0.717, 1.165) is 24.7 Å². The Morgan fingerprint density at radius 3 is 1.98 bits per heavy atom. The smallest absolute Gasteiger partial charge is 0.494 e. The van der Waals surface area contributed by atoms with Gasteiger partial charge in [0.15, 0.2) is 0 Å². The minimum absolute atomic E-state index is 0.101. The molecule has 0 radical (unpaired) electrons. The Balaban J connectivity index is 0.000000566. The van der Waals surface area contributed by atoms with Gasteiger partial charge in [-0.2, -0.15) is 0 Å². The standard InChI is InChI=1S/C28H38O3.C11H18O5.C2H6/c1-3-5-6-7-21-30-26-17-15-25(16-18-26)28(29)31-27-19-13-24(14-20-27)23-11-9-22(8-4-2)10-12-23;1-8(2)9(12)16-11(3,4)6-5-7-15-10(13)14;1-2/h13-20,22-23H,3-12,21H2,1-2H3;1,5-7H2,2-4H3,(H,13,14);1-2H3. The SMILES string of the molecule is C=C(C)C(=O)OC(C)(C)CCCOC(=O)O.CC.CCCCCCOc1ccc(C(=O)Oc2ccc(C3CCC(CCC)CC3)cc2)cc1. The van der Waals surface area contributed by atoms with Crippen LogP contribution in [-0.2, 0) is 14.3 Å². The zero-order valence-corrected chi connectivity index (χ0v) is 31.2. The maximum Gasteiger partial charge on any atom is 0.505 e. The number of ether oxygens (including phenoxy) is 4. The molecule has 1 fully saturated rings. The Morgan fingerprint density at radius 1 is 0.816 bits per heavy atom. The second kappa shape index (κ2) is 24.3. The van der Waals surface area contributed by atoms with Gasteiger partial charge in [0.05, 0.1) is 18.8 Å². The van der Waals surface area contributed by atoms with Gasteiger partial charge in [-0.3, -0.25) is 0 Å². The van der Waals surface area contributed by atoms with Gasteiger partial charge in [-0.25, -0.2) is 14.4 Å². The lowest BCUT2D eigenvalue weighted by atomic mass is 9.77. The number of carbonyl (C=O) groups is 3. The maximum absolute atomic E-state index is 12.5. The fourth-order valence-electron chi connectivity index (χ4n) is 5.62. The van der Waals surface area contributed by atoms with Gasteiger partial charge in [0.25, 0.3) is 0 Å². The van der Waals surface area contributed by atoms with Crippen molar-refractivity contribution in [3.05, 3.63) is 71.8 Å². The molecule has 1 saturated carbocycles. The third kappa shape index (κ3) is 18.5. The first-order valence-electron chi connectivity index (χ1n) is 18.2. The van der Waals surface area contributed by atoms with E-state index in [1.165, 1.54) is 63.4 Å². The lowest BCUT2D eigenvalue weighted by Gasteiger charge is -2.28. The molecule has 1 N–H and O–H groups in total. The monoisotopic (exact) mass is 682 g/mol. The Hall–Kier alpha value is -3.81. The summed E-state index contributed by atoms with van der Waals surface area (Å²) in [5.74, 6) is 2.19. The number of carbonyl (C=O) groups excluding carboxylic acids is 2. The molecule has 0 heterocycles. The van der Waals surface area contributed by atoms with Gasteiger partial charge in [0, 0.05) is 5.57 Å². The van der Waals surface area contributed by atoms with Gasteiger partial charge in [0.2, 0.25) is 0 Å². The molecule has 0 bridgehead atoms. The highest BCUT2D eigenvalue weighted by Crippen LogP contribution is 2.38. The van der Waals surface area contributed by atoms with Crippen LogP contribution < -0.4 is 9.47 Å². The van der Waals surface area contributed by atoms with Crippen molar-refractivity contribution in [2.24, 2.45) is 5.92 Å². The number of unbranched alkanes of at least 4 members (excludes halogenated alkanes) is 3. The maximum atomic E-state index is 12.5. The fraction of sp³-hybridized carbons (Fsp3) is 0.585. The number of rotatable bonds is 17. The summed E-state index contributed by atoms with van der Waals surface area (Å²) in [7, 11) is 0. The molecule has 274 valence electrons. The molecule has 2 aromatic carbocycles. The highest BCUT2D eigenvalue weighted by molar-refractivity contribution is 5.91. The molecule has 0 atom stereocenters. The summed E-state index contributed by atoms with van der Waals surface area (Å²) in [6.45, 7) is 17.9. The predicted octanol–water partition coefficient (Wildman–Crippen LogP) is 11.3. The molecule has 0 unspecified atom stereocenters. The summed E-state index contributed by atoms with van der Waals surface area (Å²) >= 11 is 0. The molecule has 0 aromatic heterocycles. The van der Waals surface area contributed by atoms with E-state index < -0.39 is 17.7 Å². The predicted molar refractivity (Wildman–Crippen MR) is 197 cm³/mol.